The summed E-state index contributed by atoms with van der Waals surface area (Å²) in [4.78, 5) is 11.9. The van der Waals surface area contributed by atoms with Gasteiger partial charge in [-0.25, -0.2) is 4.39 Å². The first-order valence-electron chi connectivity index (χ1n) is 5.51. The molecule has 0 aromatic heterocycles. The molecule has 0 spiro atoms. The van der Waals surface area contributed by atoms with Crippen LogP contribution in [-0.2, 0) is 4.74 Å². The highest BCUT2D eigenvalue weighted by Crippen LogP contribution is 2.19. The largest absolute Gasteiger partial charge is 0.381 e. The SMILES string of the molecule is O=C(NC1CCOCC1)c1c(F)cccc1Cl. The Bertz CT molecular complexity index is 399. The lowest BCUT2D eigenvalue weighted by atomic mass is 10.1. The number of benzene rings is 1. The van der Waals surface area contributed by atoms with Crippen molar-refractivity contribution < 1.29 is 13.9 Å². The lowest BCUT2D eigenvalue weighted by Gasteiger charge is -2.23. The van der Waals surface area contributed by atoms with Crippen LogP contribution in [0.3, 0.4) is 0 Å². The summed E-state index contributed by atoms with van der Waals surface area (Å²) in [5.74, 6) is -1.05. The third kappa shape index (κ3) is 2.96. The summed E-state index contributed by atoms with van der Waals surface area (Å²) in [6.07, 6.45) is 1.50. The fraction of sp³-hybridized carbons (Fsp3) is 0.417. The molecule has 1 aromatic rings. The number of halogens is 2. The van der Waals surface area contributed by atoms with Gasteiger partial charge in [0.25, 0.3) is 5.91 Å². The standard InChI is InChI=1S/C12H13ClFNO2/c13-9-2-1-3-10(14)11(9)12(16)15-8-4-6-17-7-5-8/h1-3,8H,4-7H2,(H,15,16). The van der Waals surface area contributed by atoms with Crippen LogP contribution in [0.15, 0.2) is 18.2 Å². The van der Waals surface area contributed by atoms with Crippen LogP contribution in [-0.4, -0.2) is 25.2 Å². The molecule has 1 heterocycles. The zero-order chi connectivity index (χ0) is 12.3. The van der Waals surface area contributed by atoms with Gasteiger partial charge in [-0.05, 0) is 25.0 Å². The molecule has 0 aliphatic carbocycles. The van der Waals surface area contributed by atoms with Gasteiger partial charge < -0.3 is 10.1 Å². The lowest BCUT2D eigenvalue weighted by Crippen LogP contribution is -2.39. The van der Waals surface area contributed by atoms with E-state index in [0.29, 0.717) is 13.2 Å². The first-order valence-corrected chi connectivity index (χ1v) is 5.89. The zero-order valence-electron chi connectivity index (χ0n) is 9.21. The molecule has 1 saturated heterocycles. The van der Waals surface area contributed by atoms with Gasteiger partial charge in [-0.1, -0.05) is 17.7 Å². The molecule has 92 valence electrons. The van der Waals surface area contributed by atoms with Crippen LogP contribution in [0.5, 0.6) is 0 Å². The molecule has 1 fully saturated rings. The molecule has 1 amide bonds. The van der Waals surface area contributed by atoms with Gasteiger partial charge in [0.2, 0.25) is 0 Å². The van der Waals surface area contributed by atoms with Gasteiger partial charge >= 0.3 is 0 Å². The van der Waals surface area contributed by atoms with Gasteiger partial charge in [0.15, 0.2) is 0 Å². The summed E-state index contributed by atoms with van der Waals surface area (Å²) in [7, 11) is 0. The van der Waals surface area contributed by atoms with E-state index in [1.165, 1.54) is 18.2 Å². The average molecular weight is 258 g/mol. The highest BCUT2D eigenvalue weighted by molar-refractivity contribution is 6.33. The molecule has 1 N–H and O–H groups in total. The van der Waals surface area contributed by atoms with Crippen molar-refractivity contribution in [2.24, 2.45) is 0 Å². The minimum atomic E-state index is -0.595. The first kappa shape index (κ1) is 12.3. The van der Waals surface area contributed by atoms with Crippen molar-refractivity contribution >= 4 is 17.5 Å². The number of carbonyl (C=O) groups is 1. The molecule has 0 radical (unpaired) electrons. The Balaban J connectivity index is 2.08. The molecule has 3 nitrogen and oxygen atoms in total. The van der Waals surface area contributed by atoms with Crippen LogP contribution >= 0.6 is 11.6 Å². The van der Waals surface area contributed by atoms with E-state index in [-0.39, 0.29) is 16.6 Å². The molecule has 5 heteroatoms. The second kappa shape index (κ2) is 5.47. The van der Waals surface area contributed by atoms with E-state index in [4.69, 9.17) is 16.3 Å². The van der Waals surface area contributed by atoms with E-state index in [2.05, 4.69) is 5.32 Å². The maximum absolute atomic E-state index is 13.5. The summed E-state index contributed by atoms with van der Waals surface area (Å²) in [6.45, 7) is 1.24. The Labute approximate surface area is 104 Å². The Morgan fingerprint density at radius 1 is 1.41 bits per heavy atom. The topological polar surface area (TPSA) is 38.3 Å². The van der Waals surface area contributed by atoms with Gasteiger partial charge in [-0.2, -0.15) is 0 Å². The van der Waals surface area contributed by atoms with E-state index in [1.807, 2.05) is 0 Å². The van der Waals surface area contributed by atoms with Crippen molar-refractivity contribution in [3.63, 3.8) is 0 Å². The van der Waals surface area contributed by atoms with E-state index in [0.717, 1.165) is 12.8 Å². The predicted octanol–water partition coefficient (Wildman–Crippen LogP) is 2.39. The normalized spacial score (nSPS) is 16.8. The summed E-state index contributed by atoms with van der Waals surface area (Å²) in [5.41, 5.74) is -0.0827. The van der Waals surface area contributed by atoms with Crippen molar-refractivity contribution in [1.29, 1.82) is 0 Å². The first-order chi connectivity index (χ1) is 8.18. The summed E-state index contributed by atoms with van der Waals surface area (Å²) < 4.78 is 18.7. The fourth-order valence-electron chi connectivity index (χ4n) is 1.81. The molecule has 0 bridgehead atoms. The second-order valence-electron chi connectivity index (χ2n) is 3.96. The molecule has 2 rings (SSSR count). The van der Waals surface area contributed by atoms with Gasteiger partial charge in [0, 0.05) is 19.3 Å². The van der Waals surface area contributed by atoms with E-state index < -0.39 is 11.7 Å². The monoisotopic (exact) mass is 257 g/mol. The molecular weight excluding hydrogens is 245 g/mol. The minimum absolute atomic E-state index is 0.0342. The van der Waals surface area contributed by atoms with Gasteiger partial charge in [-0.3, -0.25) is 4.79 Å². The Hall–Kier alpha value is -1.13. The number of nitrogens with one attached hydrogen (secondary N) is 1. The number of ether oxygens (including phenoxy) is 1. The average Bonchev–Trinajstić information content (AvgIpc) is 2.30. The Kier molecular flexibility index (Phi) is 3.97. The Morgan fingerprint density at radius 2 is 2.12 bits per heavy atom. The van der Waals surface area contributed by atoms with Crippen LogP contribution in [0.2, 0.25) is 5.02 Å². The summed E-state index contributed by atoms with van der Waals surface area (Å²) >= 11 is 5.82. The number of amides is 1. The number of rotatable bonds is 2. The van der Waals surface area contributed by atoms with Crippen LogP contribution in [0.1, 0.15) is 23.2 Å². The minimum Gasteiger partial charge on any atom is -0.381 e. The molecule has 1 aliphatic heterocycles. The highest BCUT2D eigenvalue weighted by Gasteiger charge is 2.20. The van der Waals surface area contributed by atoms with E-state index in [1.54, 1.807) is 0 Å². The molecular formula is C12H13ClFNO2. The molecule has 1 aromatic carbocycles. The maximum atomic E-state index is 13.5. The van der Waals surface area contributed by atoms with Gasteiger partial charge in [0.05, 0.1) is 10.6 Å². The van der Waals surface area contributed by atoms with Gasteiger partial charge in [-0.15, -0.1) is 0 Å². The fourth-order valence-corrected chi connectivity index (χ4v) is 2.06. The quantitative estimate of drug-likeness (QED) is 0.884. The van der Waals surface area contributed by atoms with Crippen LogP contribution in [0, 0.1) is 5.82 Å². The van der Waals surface area contributed by atoms with Crippen molar-refractivity contribution in [1.82, 2.24) is 5.32 Å². The molecule has 0 atom stereocenters. The van der Waals surface area contributed by atoms with Crippen LogP contribution < -0.4 is 5.32 Å². The predicted molar refractivity (Wildman–Crippen MR) is 62.7 cm³/mol. The highest BCUT2D eigenvalue weighted by atomic mass is 35.5. The molecule has 0 saturated carbocycles. The van der Waals surface area contributed by atoms with Crippen molar-refractivity contribution in [2.75, 3.05) is 13.2 Å². The van der Waals surface area contributed by atoms with Crippen molar-refractivity contribution in [3.8, 4) is 0 Å². The van der Waals surface area contributed by atoms with Crippen molar-refractivity contribution in [3.05, 3.63) is 34.6 Å². The van der Waals surface area contributed by atoms with E-state index in [9.17, 15) is 9.18 Å². The smallest absolute Gasteiger partial charge is 0.255 e. The lowest BCUT2D eigenvalue weighted by molar-refractivity contribution is 0.0695. The number of hydrogen-bond acceptors (Lipinski definition) is 2. The van der Waals surface area contributed by atoms with Gasteiger partial charge in [0.1, 0.15) is 5.82 Å². The zero-order valence-corrected chi connectivity index (χ0v) is 9.97. The third-order valence-electron chi connectivity index (χ3n) is 2.75. The van der Waals surface area contributed by atoms with E-state index >= 15 is 0 Å². The molecule has 1 aliphatic rings. The van der Waals surface area contributed by atoms with Crippen LogP contribution in [0.4, 0.5) is 4.39 Å². The summed E-state index contributed by atoms with van der Waals surface area (Å²) in [5, 5.41) is 2.91. The van der Waals surface area contributed by atoms with Crippen molar-refractivity contribution in [2.45, 2.75) is 18.9 Å². The Morgan fingerprint density at radius 3 is 2.76 bits per heavy atom. The molecule has 0 unspecified atom stereocenters. The third-order valence-corrected chi connectivity index (χ3v) is 3.06. The maximum Gasteiger partial charge on any atom is 0.255 e. The number of carbonyl (C=O) groups excluding carboxylic acids is 1. The number of hydrogen-bond donors (Lipinski definition) is 1. The van der Waals surface area contributed by atoms with Crippen LogP contribution in [0.25, 0.3) is 0 Å². The summed E-state index contributed by atoms with van der Waals surface area (Å²) in [6, 6.07) is 4.24. The molecule has 17 heavy (non-hydrogen) atoms. The second-order valence-corrected chi connectivity index (χ2v) is 4.36.